The first kappa shape index (κ1) is 12.4. The van der Waals surface area contributed by atoms with E-state index in [0.717, 1.165) is 31.0 Å². The molecule has 3 saturated heterocycles. The number of nitrogens with zero attached hydrogens (tertiary/aromatic N) is 1. The van der Waals surface area contributed by atoms with Crippen LogP contribution in [0.15, 0.2) is 42.5 Å². The van der Waals surface area contributed by atoms with E-state index in [0.29, 0.717) is 6.04 Å². The summed E-state index contributed by atoms with van der Waals surface area (Å²) >= 11 is 0. The molecule has 0 saturated carbocycles. The largest absolute Gasteiger partial charge is 0.387 e. The third kappa shape index (κ3) is 1.95. The molecule has 3 aliphatic rings. The van der Waals surface area contributed by atoms with Gasteiger partial charge in [-0.25, -0.2) is 0 Å². The molecule has 3 heterocycles. The van der Waals surface area contributed by atoms with E-state index in [1.807, 2.05) is 0 Å². The molecule has 2 bridgehead atoms. The summed E-state index contributed by atoms with van der Waals surface area (Å²) in [6.07, 6.45) is 3.44. The molecule has 3 fully saturated rings. The molecule has 2 nitrogen and oxygen atoms in total. The fourth-order valence-corrected chi connectivity index (χ4v) is 4.06. The van der Waals surface area contributed by atoms with E-state index in [4.69, 9.17) is 0 Å². The van der Waals surface area contributed by atoms with Crippen LogP contribution in [0.3, 0.4) is 0 Å². The highest BCUT2D eigenvalue weighted by Crippen LogP contribution is 2.39. The summed E-state index contributed by atoms with van der Waals surface area (Å²) in [6.45, 7) is 2.33. The monoisotopic (exact) mass is 267 g/mol. The minimum Gasteiger partial charge on any atom is -0.387 e. The molecule has 3 aliphatic heterocycles. The van der Waals surface area contributed by atoms with Gasteiger partial charge in [-0.3, -0.25) is 4.90 Å². The quantitative estimate of drug-likeness (QED) is 0.902. The van der Waals surface area contributed by atoms with Gasteiger partial charge in [0.2, 0.25) is 0 Å². The van der Waals surface area contributed by atoms with Gasteiger partial charge in [-0.1, -0.05) is 42.5 Å². The average molecular weight is 267 g/mol. The van der Waals surface area contributed by atoms with Gasteiger partial charge >= 0.3 is 0 Å². The Hall–Kier alpha value is -1.38. The zero-order valence-corrected chi connectivity index (χ0v) is 11.7. The van der Waals surface area contributed by atoms with Crippen molar-refractivity contribution in [2.45, 2.75) is 31.4 Å². The summed E-state index contributed by atoms with van der Waals surface area (Å²) in [5, 5.41) is 13.3. The highest BCUT2D eigenvalue weighted by molar-refractivity contribution is 5.86. The molecule has 0 amide bonds. The molecule has 5 rings (SSSR count). The van der Waals surface area contributed by atoms with Crippen LogP contribution in [0.5, 0.6) is 0 Å². The first-order valence-corrected chi connectivity index (χ1v) is 7.73. The van der Waals surface area contributed by atoms with Crippen molar-refractivity contribution in [1.82, 2.24) is 4.90 Å². The number of hydrogen-bond acceptors (Lipinski definition) is 2. The summed E-state index contributed by atoms with van der Waals surface area (Å²) in [4.78, 5) is 2.49. The minimum atomic E-state index is -0.357. The lowest BCUT2D eigenvalue weighted by Gasteiger charge is -2.47. The Bertz CT molecular complexity index is 610. The first-order chi connectivity index (χ1) is 9.83. The molecule has 0 aromatic heterocycles. The summed E-state index contributed by atoms with van der Waals surface area (Å²) in [5.41, 5.74) is 1.10. The Morgan fingerprint density at radius 1 is 1.00 bits per heavy atom. The number of aliphatic hydroxyl groups excluding tert-OH is 1. The fraction of sp³-hybridized carbons (Fsp3) is 0.444. The van der Waals surface area contributed by atoms with Crippen molar-refractivity contribution in [3.05, 3.63) is 48.0 Å². The highest BCUT2D eigenvalue weighted by atomic mass is 16.3. The van der Waals surface area contributed by atoms with Crippen molar-refractivity contribution in [3.63, 3.8) is 0 Å². The predicted molar refractivity (Wildman–Crippen MR) is 81.6 cm³/mol. The number of fused-ring (bicyclic) bond motifs is 4. The topological polar surface area (TPSA) is 23.5 Å². The Labute approximate surface area is 120 Å². The molecule has 0 aliphatic carbocycles. The van der Waals surface area contributed by atoms with Crippen molar-refractivity contribution in [2.75, 3.05) is 13.1 Å². The summed E-state index contributed by atoms with van der Waals surface area (Å²) < 4.78 is 0. The van der Waals surface area contributed by atoms with E-state index >= 15 is 0 Å². The van der Waals surface area contributed by atoms with Crippen molar-refractivity contribution in [1.29, 1.82) is 0 Å². The molecule has 0 unspecified atom stereocenters. The van der Waals surface area contributed by atoms with Gasteiger partial charge in [0, 0.05) is 6.04 Å². The molecular weight excluding hydrogens is 246 g/mol. The second-order valence-electron chi connectivity index (χ2n) is 6.30. The van der Waals surface area contributed by atoms with Gasteiger partial charge in [-0.15, -0.1) is 0 Å². The average Bonchev–Trinajstić information content (AvgIpc) is 2.54. The molecule has 1 N–H and O–H groups in total. The number of piperidine rings is 3. The molecule has 2 heteroatoms. The summed E-state index contributed by atoms with van der Waals surface area (Å²) in [7, 11) is 0. The third-order valence-corrected chi connectivity index (χ3v) is 5.20. The lowest BCUT2D eigenvalue weighted by molar-refractivity contribution is -0.0263. The highest BCUT2D eigenvalue weighted by Gasteiger charge is 2.38. The molecule has 104 valence electrons. The SMILES string of the molecule is O[C@@H](c1cccc2ccccc12)[C@@H]1CC2CCN1CC2. The van der Waals surface area contributed by atoms with E-state index in [9.17, 15) is 5.11 Å². The van der Waals surface area contributed by atoms with Gasteiger partial charge in [0.25, 0.3) is 0 Å². The zero-order chi connectivity index (χ0) is 13.5. The van der Waals surface area contributed by atoms with Gasteiger partial charge in [-0.2, -0.15) is 0 Å². The second kappa shape index (κ2) is 4.87. The van der Waals surface area contributed by atoms with Gasteiger partial charge in [0.1, 0.15) is 0 Å². The Balaban J connectivity index is 1.72. The molecule has 2 aromatic carbocycles. The molecule has 0 radical (unpaired) electrons. The molecule has 0 spiro atoms. The van der Waals surface area contributed by atoms with Crippen LogP contribution in [-0.4, -0.2) is 29.1 Å². The van der Waals surface area contributed by atoms with E-state index in [1.165, 1.54) is 23.6 Å². The standard InChI is InChI=1S/C18H21NO/c20-18(17-12-13-8-10-19(17)11-9-13)16-7-3-5-14-4-1-2-6-15(14)16/h1-7,13,17-18,20H,8-12H2/t17-,18-/m0/s1. The lowest BCUT2D eigenvalue weighted by Crippen LogP contribution is -2.51. The normalized spacial score (nSPS) is 30.6. The van der Waals surface area contributed by atoms with Crippen LogP contribution in [0, 0.1) is 5.92 Å². The summed E-state index contributed by atoms with van der Waals surface area (Å²) in [6, 6.07) is 15.0. The van der Waals surface area contributed by atoms with E-state index in [-0.39, 0.29) is 6.10 Å². The maximum Gasteiger partial charge on any atom is 0.0951 e. The van der Waals surface area contributed by atoms with Crippen LogP contribution < -0.4 is 0 Å². The van der Waals surface area contributed by atoms with Gasteiger partial charge in [0.05, 0.1) is 6.10 Å². The van der Waals surface area contributed by atoms with Crippen molar-refractivity contribution < 1.29 is 5.11 Å². The minimum absolute atomic E-state index is 0.313. The van der Waals surface area contributed by atoms with Crippen molar-refractivity contribution in [2.24, 2.45) is 5.92 Å². The maximum absolute atomic E-state index is 10.9. The maximum atomic E-state index is 10.9. The van der Waals surface area contributed by atoms with Crippen molar-refractivity contribution >= 4 is 10.8 Å². The van der Waals surface area contributed by atoms with Crippen molar-refractivity contribution in [3.8, 4) is 0 Å². The number of aliphatic hydroxyl groups is 1. The van der Waals surface area contributed by atoms with Crippen LogP contribution in [0.4, 0.5) is 0 Å². The van der Waals surface area contributed by atoms with Crippen LogP contribution in [0.25, 0.3) is 10.8 Å². The Morgan fingerprint density at radius 3 is 2.50 bits per heavy atom. The molecule has 20 heavy (non-hydrogen) atoms. The summed E-state index contributed by atoms with van der Waals surface area (Å²) in [5.74, 6) is 0.828. The molecular formula is C18H21NO. The Kier molecular flexibility index (Phi) is 3.01. The van der Waals surface area contributed by atoms with Gasteiger partial charge < -0.3 is 5.11 Å². The lowest BCUT2D eigenvalue weighted by atomic mass is 9.79. The van der Waals surface area contributed by atoms with Gasteiger partial charge in [-0.05, 0) is 54.6 Å². The van der Waals surface area contributed by atoms with E-state index in [2.05, 4.69) is 47.4 Å². The predicted octanol–water partition coefficient (Wildman–Crippen LogP) is 3.36. The zero-order valence-electron chi connectivity index (χ0n) is 11.7. The number of rotatable bonds is 2. The van der Waals surface area contributed by atoms with E-state index < -0.39 is 0 Å². The van der Waals surface area contributed by atoms with Crippen LogP contribution in [0.1, 0.15) is 30.9 Å². The molecule has 2 atom stereocenters. The number of hydrogen-bond donors (Lipinski definition) is 1. The molecule has 2 aromatic rings. The second-order valence-corrected chi connectivity index (χ2v) is 6.30. The van der Waals surface area contributed by atoms with E-state index in [1.54, 1.807) is 0 Å². The first-order valence-electron chi connectivity index (χ1n) is 7.73. The smallest absolute Gasteiger partial charge is 0.0951 e. The Morgan fingerprint density at radius 2 is 1.75 bits per heavy atom. The van der Waals surface area contributed by atoms with Crippen LogP contribution >= 0.6 is 0 Å². The third-order valence-electron chi connectivity index (χ3n) is 5.20. The van der Waals surface area contributed by atoms with Gasteiger partial charge in [0.15, 0.2) is 0 Å². The fourth-order valence-electron chi connectivity index (χ4n) is 4.06. The number of benzene rings is 2. The van der Waals surface area contributed by atoms with Crippen LogP contribution in [0.2, 0.25) is 0 Å². The van der Waals surface area contributed by atoms with Crippen LogP contribution in [-0.2, 0) is 0 Å².